The van der Waals surface area contributed by atoms with Crippen LogP contribution in [0.1, 0.15) is 48.5 Å². The summed E-state index contributed by atoms with van der Waals surface area (Å²) in [7, 11) is 1.58. The fourth-order valence-corrected chi connectivity index (χ4v) is 3.02. The summed E-state index contributed by atoms with van der Waals surface area (Å²) in [6.07, 6.45) is 3.38. The average Bonchev–Trinajstić information content (AvgIpc) is 2.85. The van der Waals surface area contributed by atoms with E-state index in [9.17, 15) is 9.59 Å². The van der Waals surface area contributed by atoms with Crippen LogP contribution in [0.25, 0.3) is 0 Å². The summed E-state index contributed by atoms with van der Waals surface area (Å²) < 4.78 is 5.34. The largest absolute Gasteiger partial charge is 0.496 e. The van der Waals surface area contributed by atoms with Crippen LogP contribution in [-0.2, 0) is 4.79 Å². The van der Waals surface area contributed by atoms with Gasteiger partial charge in [0, 0.05) is 32.6 Å². The van der Waals surface area contributed by atoms with Gasteiger partial charge >= 0.3 is 0 Å². The number of carbonyl (C=O) groups is 2. The van der Waals surface area contributed by atoms with Crippen molar-refractivity contribution >= 4 is 11.8 Å². The molecule has 0 bridgehead atoms. The maximum atomic E-state index is 12.9. The van der Waals surface area contributed by atoms with Crippen molar-refractivity contribution in [2.45, 2.75) is 39.5 Å². The molecule has 0 N–H and O–H groups in total. The van der Waals surface area contributed by atoms with Crippen LogP contribution in [0.5, 0.6) is 5.75 Å². The molecule has 132 valence electrons. The number of hydrogen-bond donors (Lipinski definition) is 0. The zero-order valence-electron chi connectivity index (χ0n) is 15.0. The van der Waals surface area contributed by atoms with Gasteiger partial charge in [-0.2, -0.15) is 0 Å². The van der Waals surface area contributed by atoms with Crippen LogP contribution in [0, 0.1) is 6.92 Å². The smallest absolute Gasteiger partial charge is 0.257 e. The van der Waals surface area contributed by atoms with E-state index in [0.717, 1.165) is 31.4 Å². The first-order valence-corrected chi connectivity index (χ1v) is 8.78. The first-order chi connectivity index (χ1) is 11.6. The van der Waals surface area contributed by atoms with E-state index in [1.807, 2.05) is 34.9 Å². The van der Waals surface area contributed by atoms with Crippen molar-refractivity contribution in [3.63, 3.8) is 0 Å². The summed E-state index contributed by atoms with van der Waals surface area (Å²) in [5.74, 6) is 0.795. The number of ether oxygens (including phenoxy) is 1. The highest BCUT2D eigenvalue weighted by Gasteiger charge is 2.24. The number of nitrogens with zero attached hydrogens (tertiary/aromatic N) is 2. The van der Waals surface area contributed by atoms with E-state index >= 15 is 0 Å². The lowest BCUT2D eigenvalue weighted by atomic mass is 10.1. The summed E-state index contributed by atoms with van der Waals surface area (Å²) in [5.41, 5.74) is 1.63. The summed E-state index contributed by atoms with van der Waals surface area (Å²) in [6.45, 7) is 6.65. The van der Waals surface area contributed by atoms with Gasteiger partial charge in [-0.05, 0) is 31.9 Å². The molecule has 1 heterocycles. The second kappa shape index (κ2) is 8.71. The van der Waals surface area contributed by atoms with Gasteiger partial charge < -0.3 is 14.5 Å². The number of carbonyl (C=O) groups excluding carboxylic acids is 2. The molecule has 0 unspecified atom stereocenters. The molecule has 24 heavy (non-hydrogen) atoms. The number of aryl methyl sites for hydroxylation is 1. The second-order valence-electron chi connectivity index (χ2n) is 6.33. The molecule has 1 aliphatic heterocycles. The lowest BCUT2D eigenvalue weighted by molar-refractivity contribution is -0.131. The molecular formula is C19H28N2O3. The number of rotatable bonds is 5. The molecular weight excluding hydrogens is 304 g/mol. The highest BCUT2D eigenvalue weighted by atomic mass is 16.5. The summed E-state index contributed by atoms with van der Waals surface area (Å²) in [4.78, 5) is 28.8. The van der Waals surface area contributed by atoms with E-state index in [1.165, 1.54) is 0 Å². The van der Waals surface area contributed by atoms with Gasteiger partial charge in [0.25, 0.3) is 5.91 Å². The Labute approximate surface area is 144 Å². The van der Waals surface area contributed by atoms with Crippen LogP contribution < -0.4 is 4.74 Å². The minimum absolute atomic E-state index is 0.0154. The number of amides is 2. The van der Waals surface area contributed by atoms with Crippen molar-refractivity contribution in [1.29, 1.82) is 0 Å². The van der Waals surface area contributed by atoms with Gasteiger partial charge in [-0.3, -0.25) is 9.59 Å². The molecule has 0 atom stereocenters. The number of methoxy groups -OCH3 is 1. The molecule has 0 saturated carbocycles. The Kier molecular flexibility index (Phi) is 6.64. The predicted molar refractivity (Wildman–Crippen MR) is 94.4 cm³/mol. The maximum Gasteiger partial charge on any atom is 0.257 e. The van der Waals surface area contributed by atoms with Gasteiger partial charge in [0.2, 0.25) is 5.91 Å². The van der Waals surface area contributed by atoms with Gasteiger partial charge in [-0.1, -0.05) is 25.0 Å². The average molecular weight is 332 g/mol. The van der Waals surface area contributed by atoms with Crippen molar-refractivity contribution in [1.82, 2.24) is 9.80 Å². The predicted octanol–water partition coefficient (Wildman–Crippen LogP) is 2.87. The quantitative estimate of drug-likeness (QED) is 0.833. The lowest BCUT2D eigenvalue weighted by Gasteiger charge is -2.23. The van der Waals surface area contributed by atoms with Crippen molar-refractivity contribution in [3.8, 4) is 5.75 Å². The molecule has 2 rings (SSSR count). The highest BCUT2D eigenvalue weighted by Crippen LogP contribution is 2.22. The van der Waals surface area contributed by atoms with E-state index in [0.29, 0.717) is 37.4 Å². The van der Waals surface area contributed by atoms with E-state index < -0.39 is 0 Å². The molecule has 5 nitrogen and oxygen atoms in total. The molecule has 1 saturated heterocycles. The van der Waals surface area contributed by atoms with Crippen LogP contribution >= 0.6 is 0 Å². The van der Waals surface area contributed by atoms with Crippen molar-refractivity contribution in [2.24, 2.45) is 0 Å². The zero-order chi connectivity index (χ0) is 17.5. The molecule has 1 aromatic rings. The van der Waals surface area contributed by atoms with Crippen LogP contribution in [0.3, 0.4) is 0 Å². The summed E-state index contributed by atoms with van der Waals surface area (Å²) in [6, 6.07) is 5.64. The van der Waals surface area contributed by atoms with Gasteiger partial charge in [-0.25, -0.2) is 0 Å². The Hall–Kier alpha value is -2.04. The lowest BCUT2D eigenvalue weighted by Crippen LogP contribution is -2.37. The third kappa shape index (κ3) is 4.49. The minimum Gasteiger partial charge on any atom is -0.496 e. The van der Waals surface area contributed by atoms with Gasteiger partial charge in [0.1, 0.15) is 5.75 Å². The zero-order valence-corrected chi connectivity index (χ0v) is 15.0. The molecule has 0 aliphatic carbocycles. The maximum absolute atomic E-state index is 12.9. The first-order valence-electron chi connectivity index (χ1n) is 8.78. The molecule has 2 amide bonds. The fourth-order valence-electron chi connectivity index (χ4n) is 3.02. The Bertz CT molecular complexity index is 586. The van der Waals surface area contributed by atoms with E-state index in [2.05, 4.69) is 6.92 Å². The Morgan fingerprint density at radius 1 is 1.12 bits per heavy atom. The van der Waals surface area contributed by atoms with E-state index in [1.54, 1.807) is 7.11 Å². The van der Waals surface area contributed by atoms with Crippen molar-refractivity contribution < 1.29 is 14.3 Å². The Morgan fingerprint density at radius 3 is 2.54 bits per heavy atom. The summed E-state index contributed by atoms with van der Waals surface area (Å²) >= 11 is 0. The standard InChI is InChI=1S/C19H28N2O3/c1-4-5-7-18(22)20-10-6-11-21(13-12-20)19(23)16-14-15(2)8-9-17(16)24-3/h8-9,14H,4-7,10-13H2,1-3H3. The third-order valence-electron chi connectivity index (χ3n) is 4.47. The molecule has 5 heteroatoms. The van der Waals surface area contributed by atoms with Crippen molar-refractivity contribution in [3.05, 3.63) is 29.3 Å². The SMILES string of the molecule is CCCCC(=O)N1CCCN(C(=O)c2cc(C)ccc2OC)CC1. The molecule has 0 aromatic heterocycles. The van der Waals surface area contributed by atoms with Crippen molar-refractivity contribution in [2.75, 3.05) is 33.3 Å². The first kappa shape index (κ1) is 18.3. The summed E-state index contributed by atoms with van der Waals surface area (Å²) in [5, 5.41) is 0. The minimum atomic E-state index is -0.0154. The third-order valence-corrected chi connectivity index (χ3v) is 4.47. The second-order valence-corrected chi connectivity index (χ2v) is 6.33. The van der Waals surface area contributed by atoms with E-state index in [4.69, 9.17) is 4.74 Å². The highest BCUT2D eigenvalue weighted by molar-refractivity contribution is 5.97. The molecule has 0 spiro atoms. The molecule has 1 aliphatic rings. The van der Waals surface area contributed by atoms with Gasteiger partial charge in [0.15, 0.2) is 0 Å². The normalized spacial score (nSPS) is 15.1. The number of unbranched alkanes of at least 4 members (excludes halogenated alkanes) is 1. The number of benzene rings is 1. The Balaban J connectivity index is 2.04. The van der Waals surface area contributed by atoms with Crippen LogP contribution in [0.4, 0.5) is 0 Å². The number of hydrogen-bond acceptors (Lipinski definition) is 3. The van der Waals surface area contributed by atoms with Gasteiger partial charge in [-0.15, -0.1) is 0 Å². The van der Waals surface area contributed by atoms with Gasteiger partial charge in [0.05, 0.1) is 12.7 Å². The fraction of sp³-hybridized carbons (Fsp3) is 0.579. The topological polar surface area (TPSA) is 49.9 Å². The molecule has 0 radical (unpaired) electrons. The molecule has 1 aromatic carbocycles. The van der Waals surface area contributed by atoms with Crippen LogP contribution in [0.2, 0.25) is 0 Å². The van der Waals surface area contributed by atoms with Crippen LogP contribution in [0.15, 0.2) is 18.2 Å². The van der Waals surface area contributed by atoms with Crippen LogP contribution in [-0.4, -0.2) is 54.9 Å². The Morgan fingerprint density at radius 2 is 1.83 bits per heavy atom. The van der Waals surface area contributed by atoms with E-state index in [-0.39, 0.29) is 11.8 Å². The monoisotopic (exact) mass is 332 g/mol. The molecule has 1 fully saturated rings.